The normalized spacial score (nSPS) is 35.8. The number of fused-ring (bicyclic) bond motifs is 2. The molecule has 2 atom stereocenters. The van der Waals surface area contributed by atoms with Crippen LogP contribution in [0.25, 0.3) is 5.57 Å². The molecule has 0 amide bonds. The van der Waals surface area contributed by atoms with E-state index >= 15 is 0 Å². The molecule has 1 radical (unpaired) electrons. The van der Waals surface area contributed by atoms with E-state index in [1.54, 1.807) is 24.4 Å². The Labute approximate surface area is 106 Å². The summed E-state index contributed by atoms with van der Waals surface area (Å²) in [5.74, 6) is 0. The van der Waals surface area contributed by atoms with Gasteiger partial charge >= 0.3 is 0 Å². The molecule has 0 N–H and O–H groups in total. The quantitative estimate of drug-likeness (QED) is 0.663. The molecule has 87 valence electrons. The number of nitrogens with zero attached hydrogens (tertiary/aromatic N) is 1. The Balaban J connectivity index is 0.000000963. The fraction of sp³-hybridized carbons (Fsp3) is 0.417. The van der Waals surface area contributed by atoms with Crippen molar-refractivity contribution >= 4 is 5.57 Å². The number of alkyl halides is 2. The van der Waals surface area contributed by atoms with E-state index in [9.17, 15) is 8.78 Å². The molecule has 2 aliphatic rings. The van der Waals surface area contributed by atoms with Crippen molar-refractivity contribution in [2.24, 2.45) is 0 Å². The predicted octanol–water partition coefficient (Wildman–Crippen LogP) is 2.88. The van der Waals surface area contributed by atoms with Gasteiger partial charge in [-0.25, -0.2) is 10.5 Å². The average Bonchev–Trinajstić information content (AvgIpc) is 2.68. The molecule has 16 heavy (non-hydrogen) atoms. The van der Waals surface area contributed by atoms with Crippen LogP contribution in [0.5, 0.6) is 0 Å². The molecule has 0 aliphatic heterocycles. The van der Waals surface area contributed by atoms with Gasteiger partial charge in [-0.15, -0.1) is 6.07 Å². The summed E-state index contributed by atoms with van der Waals surface area (Å²) >= 11 is 0. The minimum absolute atomic E-state index is 0. The molecule has 2 bridgehead atoms. The molecule has 0 spiro atoms. The summed E-state index contributed by atoms with van der Waals surface area (Å²) in [4.78, 5) is 4.05. The molecule has 1 fully saturated rings. The van der Waals surface area contributed by atoms with Crippen LogP contribution in [-0.4, -0.2) is 16.3 Å². The van der Waals surface area contributed by atoms with E-state index in [0.717, 1.165) is 0 Å². The van der Waals surface area contributed by atoms with E-state index < -0.39 is 11.3 Å². The van der Waals surface area contributed by atoms with E-state index in [1.807, 2.05) is 0 Å². The van der Waals surface area contributed by atoms with Crippen molar-refractivity contribution in [1.29, 1.82) is 0 Å². The third kappa shape index (κ3) is 1.64. The predicted molar refractivity (Wildman–Crippen MR) is 52.4 cm³/mol. The van der Waals surface area contributed by atoms with Crippen molar-refractivity contribution in [1.82, 2.24) is 4.98 Å². The molecular formula is C12H10F2IrN-. The summed E-state index contributed by atoms with van der Waals surface area (Å²) < 4.78 is 28.2. The van der Waals surface area contributed by atoms with E-state index in [1.165, 1.54) is 0 Å². The second-order valence-corrected chi connectivity index (χ2v) is 4.32. The van der Waals surface area contributed by atoms with Crippen LogP contribution in [0.1, 0.15) is 25.0 Å². The first kappa shape index (κ1) is 11.9. The molecule has 1 saturated carbocycles. The molecule has 1 heterocycles. The first-order valence-electron chi connectivity index (χ1n) is 5.06. The zero-order chi connectivity index (χ0) is 10.5. The molecule has 1 aromatic heterocycles. The summed E-state index contributed by atoms with van der Waals surface area (Å²) in [5, 5.41) is 0. The Hall–Kier alpha value is -0.601. The minimum atomic E-state index is -1.55. The maximum Gasteiger partial charge on any atom is 0.107 e. The summed E-state index contributed by atoms with van der Waals surface area (Å²) in [7, 11) is 0. The smallest absolute Gasteiger partial charge is 0.107 e. The van der Waals surface area contributed by atoms with Crippen LogP contribution in [0.15, 0.2) is 24.4 Å². The number of rotatable bonds is 1. The summed E-state index contributed by atoms with van der Waals surface area (Å²) in [5.41, 5.74) is -2.26. The van der Waals surface area contributed by atoms with Crippen molar-refractivity contribution in [3.05, 3.63) is 36.2 Å². The van der Waals surface area contributed by atoms with Crippen LogP contribution in [0, 0.1) is 6.08 Å². The molecular weight excluding hydrogens is 388 g/mol. The molecule has 1 nitrogen and oxygen atoms in total. The van der Waals surface area contributed by atoms with Gasteiger partial charge in [-0.2, -0.15) is 5.57 Å². The third-order valence-corrected chi connectivity index (χ3v) is 3.20. The standard InChI is InChI=1S/C12H10F2N.Ir/c13-11-4-5-12(14,8-11)9(7-11)10-3-1-2-6-15-10;/h1-3,6H,4-5,8H2;/q-1;. The molecule has 1 aromatic rings. The number of allylic oxidation sites excluding steroid dienone is 2. The van der Waals surface area contributed by atoms with Gasteiger partial charge in [0.25, 0.3) is 0 Å². The second-order valence-electron chi connectivity index (χ2n) is 4.32. The van der Waals surface area contributed by atoms with Gasteiger partial charge in [-0.05, 0) is 18.9 Å². The molecule has 0 saturated heterocycles. The van der Waals surface area contributed by atoms with Crippen LogP contribution < -0.4 is 0 Å². The van der Waals surface area contributed by atoms with Crippen LogP contribution in [-0.2, 0) is 20.1 Å². The monoisotopic (exact) mass is 399 g/mol. The van der Waals surface area contributed by atoms with Crippen molar-refractivity contribution in [3.8, 4) is 0 Å². The first-order valence-corrected chi connectivity index (χ1v) is 5.06. The Morgan fingerprint density at radius 1 is 1.25 bits per heavy atom. The number of aromatic nitrogens is 1. The number of hydrogen-bond donors (Lipinski definition) is 0. The van der Waals surface area contributed by atoms with Gasteiger partial charge in [0.2, 0.25) is 0 Å². The fourth-order valence-corrected chi connectivity index (χ4v) is 2.48. The zero-order valence-corrected chi connectivity index (χ0v) is 10.9. The van der Waals surface area contributed by atoms with Crippen LogP contribution in [0.3, 0.4) is 0 Å². The van der Waals surface area contributed by atoms with Crippen LogP contribution >= 0.6 is 0 Å². The van der Waals surface area contributed by atoms with Gasteiger partial charge in [-0.3, -0.25) is 4.39 Å². The van der Waals surface area contributed by atoms with Gasteiger partial charge in [0.1, 0.15) is 5.67 Å². The van der Waals surface area contributed by atoms with Crippen LogP contribution in [0.2, 0.25) is 0 Å². The van der Waals surface area contributed by atoms with E-state index in [2.05, 4.69) is 11.1 Å². The minimum Gasteiger partial charge on any atom is -0.351 e. The number of hydrogen-bond acceptors (Lipinski definition) is 1. The van der Waals surface area contributed by atoms with E-state index in [0.29, 0.717) is 11.3 Å². The molecule has 0 aromatic carbocycles. The maximum atomic E-state index is 14.3. The molecule has 2 aliphatic carbocycles. The fourth-order valence-electron chi connectivity index (χ4n) is 2.48. The largest absolute Gasteiger partial charge is 0.351 e. The maximum absolute atomic E-state index is 14.3. The van der Waals surface area contributed by atoms with Crippen molar-refractivity contribution in [2.75, 3.05) is 0 Å². The average molecular weight is 398 g/mol. The Morgan fingerprint density at radius 3 is 2.56 bits per heavy atom. The molecule has 3 rings (SSSR count). The zero-order valence-electron chi connectivity index (χ0n) is 8.47. The molecule has 2 unspecified atom stereocenters. The van der Waals surface area contributed by atoms with Crippen LogP contribution in [0.4, 0.5) is 8.78 Å². The summed E-state index contributed by atoms with van der Waals surface area (Å²) in [6, 6.07) is 5.23. The Morgan fingerprint density at radius 2 is 2.06 bits per heavy atom. The SMILES string of the molecule is FC12[C-]=C(c3ccccn3)C(F)(CC1)C2.[Ir]. The number of halogens is 2. The summed E-state index contributed by atoms with van der Waals surface area (Å²) in [6.45, 7) is 0. The van der Waals surface area contributed by atoms with Gasteiger partial charge in [-0.1, -0.05) is 11.8 Å². The van der Waals surface area contributed by atoms with Gasteiger partial charge in [0, 0.05) is 32.7 Å². The van der Waals surface area contributed by atoms with E-state index in [-0.39, 0.29) is 39.4 Å². The van der Waals surface area contributed by atoms with Gasteiger partial charge in [0.05, 0.1) is 5.67 Å². The third-order valence-electron chi connectivity index (χ3n) is 3.20. The Kier molecular flexibility index (Phi) is 2.75. The Bertz CT molecular complexity index is 434. The van der Waals surface area contributed by atoms with Crippen molar-refractivity contribution < 1.29 is 28.9 Å². The van der Waals surface area contributed by atoms with Gasteiger partial charge in [0.15, 0.2) is 0 Å². The topological polar surface area (TPSA) is 12.9 Å². The van der Waals surface area contributed by atoms with Crippen molar-refractivity contribution in [3.63, 3.8) is 0 Å². The van der Waals surface area contributed by atoms with Gasteiger partial charge < -0.3 is 4.98 Å². The molecule has 4 heteroatoms. The van der Waals surface area contributed by atoms with E-state index in [4.69, 9.17) is 0 Å². The second kappa shape index (κ2) is 3.71. The number of pyridine rings is 1. The first-order chi connectivity index (χ1) is 7.11. The summed E-state index contributed by atoms with van der Waals surface area (Å²) in [6.07, 6.45) is 4.65. The van der Waals surface area contributed by atoms with Crippen molar-refractivity contribution in [2.45, 2.75) is 30.6 Å².